The van der Waals surface area contributed by atoms with Gasteiger partial charge in [-0.15, -0.1) is 0 Å². The summed E-state index contributed by atoms with van der Waals surface area (Å²) in [5.74, 6) is 0. The molecule has 12 heavy (non-hydrogen) atoms. The van der Waals surface area contributed by atoms with Gasteiger partial charge in [-0.05, 0) is 0 Å². The molecule has 1 N–H and O–H groups in total. The summed E-state index contributed by atoms with van der Waals surface area (Å²) < 4.78 is 16.7. The third-order valence-corrected chi connectivity index (χ3v) is 1.87. The van der Waals surface area contributed by atoms with Crippen LogP contribution >= 0.6 is 0 Å². The van der Waals surface area contributed by atoms with Crippen LogP contribution in [0.1, 0.15) is 0 Å². The highest BCUT2D eigenvalue weighted by Crippen LogP contribution is 2.01. The normalized spacial score (nSPS) is 23.8. The van der Waals surface area contributed by atoms with Crippen LogP contribution in [0.2, 0.25) is 0 Å². The van der Waals surface area contributed by atoms with Crippen molar-refractivity contribution >= 4 is 6.09 Å². The molecule has 0 aromatic heterocycles. The molecule has 5 heteroatoms. The lowest BCUT2D eigenvalue weighted by Gasteiger charge is -2.31. The van der Waals surface area contributed by atoms with Crippen LogP contribution in [0.25, 0.3) is 0 Å². The highest BCUT2D eigenvalue weighted by Gasteiger charge is 2.22. The minimum Gasteiger partial charge on any atom is -0.453 e. The van der Waals surface area contributed by atoms with Crippen LogP contribution in [0.15, 0.2) is 0 Å². The molecule has 1 rings (SSSR count). The fourth-order valence-corrected chi connectivity index (χ4v) is 1.22. The molecule has 1 amide bonds. The van der Waals surface area contributed by atoms with E-state index in [1.165, 1.54) is 12.0 Å². The summed E-state index contributed by atoms with van der Waals surface area (Å²) in [6.07, 6.45) is -0.380. The van der Waals surface area contributed by atoms with E-state index in [1.807, 2.05) is 0 Å². The van der Waals surface area contributed by atoms with E-state index in [-0.39, 0.29) is 12.1 Å². The number of carbonyl (C=O) groups is 1. The Labute approximate surface area is 70.7 Å². The molecule has 0 bridgehead atoms. The average molecular weight is 176 g/mol. The van der Waals surface area contributed by atoms with Gasteiger partial charge in [-0.1, -0.05) is 0 Å². The van der Waals surface area contributed by atoms with Crippen molar-refractivity contribution in [1.82, 2.24) is 10.2 Å². The van der Waals surface area contributed by atoms with Crippen LogP contribution in [0.3, 0.4) is 0 Å². The predicted octanol–water partition coefficient (Wildman–Crippen LogP) is -0.00390. The molecule has 0 radical (unpaired) electrons. The quantitative estimate of drug-likeness (QED) is 0.611. The SMILES string of the molecule is COC(=O)N1CCNC(CF)C1. The van der Waals surface area contributed by atoms with E-state index >= 15 is 0 Å². The molecule has 0 aromatic carbocycles. The van der Waals surface area contributed by atoms with E-state index in [9.17, 15) is 9.18 Å². The van der Waals surface area contributed by atoms with Gasteiger partial charge in [0.05, 0.1) is 13.2 Å². The van der Waals surface area contributed by atoms with E-state index in [4.69, 9.17) is 0 Å². The fraction of sp³-hybridized carbons (Fsp3) is 0.857. The Kier molecular flexibility index (Phi) is 3.28. The second-order valence-corrected chi connectivity index (χ2v) is 2.72. The van der Waals surface area contributed by atoms with Gasteiger partial charge in [0.15, 0.2) is 0 Å². The molecule has 1 fully saturated rings. The van der Waals surface area contributed by atoms with E-state index in [0.717, 1.165) is 0 Å². The zero-order valence-electron chi connectivity index (χ0n) is 7.05. The Morgan fingerprint density at radius 3 is 3.17 bits per heavy atom. The minimum atomic E-state index is -0.451. The summed E-state index contributed by atoms with van der Waals surface area (Å²) in [6.45, 7) is 1.16. The van der Waals surface area contributed by atoms with E-state index in [0.29, 0.717) is 19.6 Å². The van der Waals surface area contributed by atoms with Gasteiger partial charge in [0.1, 0.15) is 6.67 Å². The molecule has 1 saturated heterocycles. The molecular weight excluding hydrogens is 163 g/mol. The van der Waals surface area contributed by atoms with Crippen LogP contribution in [0, 0.1) is 0 Å². The maximum Gasteiger partial charge on any atom is 0.409 e. The number of alkyl halides is 1. The van der Waals surface area contributed by atoms with Crippen LogP contribution < -0.4 is 5.32 Å². The summed E-state index contributed by atoms with van der Waals surface area (Å²) in [5, 5.41) is 2.95. The first-order valence-corrected chi connectivity index (χ1v) is 3.90. The van der Waals surface area contributed by atoms with Gasteiger partial charge in [0.25, 0.3) is 0 Å². The molecule has 1 unspecified atom stereocenters. The topological polar surface area (TPSA) is 41.6 Å². The summed E-state index contributed by atoms with van der Waals surface area (Å²) in [4.78, 5) is 12.5. The maximum absolute atomic E-state index is 12.2. The first-order chi connectivity index (χ1) is 5.77. The van der Waals surface area contributed by atoms with Crippen molar-refractivity contribution in [2.45, 2.75) is 6.04 Å². The van der Waals surface area contributed by atoms with Crippen molar-refractivity contribution < 1.29 is 13.9 Å². The van der Waals surface area contributed by atoms with Crippen molar-refractivity contribution in [1.29, 1.82) is 0 Å². The van der Waals surface area contributed by atoms with Gasteiger partial charge < -0.3 is 15.0 Å². The average Bonchev–Trinajstić information content (AvgIpc) is 2.17. The largest absolute Gasteiger partial charge is 0.453 e. The minimum absolute atomic E-state index is 0.238. The van der Waals surface area contributed by atoms with Crippen molar-refractivity contribution in [3.8, 4) is 0 Å². The number of amides is 1. The first kappa shape index (κ1) is 9.25. The third kappa shape index (κ3) is 2.07. The molecule has 0 aromatic rings. The molecule has 1 aliphatic heterocycles. The zero-order chi connectivity index (χ0) is 8.97. The zero-order valence-corrected chi connectivity index (χ0v) is 7.05. The van der Waals surface area contributed by atoms with Crippen LogP contribution in [0.4, 0.5) is 9.18 Å². The molecule has 0 aliphatic carbocycles. The Morgan fingerprint density at radius 1 is 1.83 bits per heavy atom. The molecule has 1 aliphatic rings. The lowest BCUT2D eigenvalue weighted by molar-refractivity contribution is 0.106. The van der Waals surface area contributed by atoms with Gasteiger partial charge >= 0.3 is 6.09 Å². The van der Waals surface area contributed by atoms with Crippen molar-refractivity contribution in [3.63, 3.8) is 0 Å². The predicted molar refractivity (Wildman–Crippen MR) is 41.7 cm³/mol. The number of carbonyl (C=O) groups excluding carboxylic acids is 1. The first-order valence-electron chi connectivity index (χ1n) is 3.90. The second-order valence-electron chi connectivity index (χ2n) is 2.72. The monoisotopic (exact) mass is 176 g/mol. The molecule has 70 valence electrons. The highest BCUT2D eigenvalue weighted by molar-refractivity contribution is 5.67. The number of nitrogens with one attached hydrogen (secondary N) is 1. The highest BCUT2D eigenvalue weighted by atomic mass is 19.1. The summed E-state index contributed by atoms with van der Waals surface area (Å²) in [7, 11) is 1.33. The number of halogens is 1. The number of rotatable bonds is 1. The Balaban J connectivity index is 2.40. The lowest BCUT2D eigenvalue weighted by atomic mass is 10.2. The molecule has 0 saturated carbocycles. The number of ether oxygens (including phenoxy) is 1. The Bertz CT molecular complexity index is 165. The van der Waals surface area contributed by atoms with Gasteiger partial charge in [0, 0.05) is 19.6 Å². The molecule has 4 nitrogen and oxygen atoms in total. The number of hydrogen-bond acceptors (Lipinski definition) is 3. The van der Waals surface area contributed by atoms with Gasteiger partial charge in [0.2, 0.25) is 0 Å². The van der Waals surface area contributed by atoms with Crippen LogP contribution in [-0.4, -0.2) is 50.5 Å². The number of hydrogen-bond donors (Lipinski definition) is 1. The standard InChI is InChI=1S/C7H13FN2O2/c1-12-7(11)10-3-2-9-6(4-8)5-10/h6,9H,2-5H2,1H3. The second kappa shape index (κ2) is 4.25. The Hall–Kier alpha value is -0.840. The van der Waals surface area contributed by atoms with Gasteiger partial charge in [-0.2, -0.15) is 0 Å². The van der Waals surface area contributed by atoms with E-state index in [1.54, 1.807) is 0 Å². The van der Waals surface area contributed by atoms with Gasteiger partial charge in [-0.25, -0.2) is 9.18 Å². The van der Waals surface area contributed by atoms with Crippen LogP contribution in [0.5, 0.6) is 0 Å². The molecule has 1 atom stereocenters. The number of piperazine rings is 1. The fourth-order valence-electron chi connectivity index (χ4n) is 1.22. The number of methoxy groups -OCH3 is 1. The third-order valence-electron chi connectivity index (χ3n) is 1.87. The van der Waals surface area contributed by atoms with E-state index < -0.39 is 6.67 Å². The van der Waals surface area contributed by atoms with Gasteiger partial charge in [-0.3, -0.25) is 0 Å². The Morgan fingerprint density at radius 2 is 2.58 bits per heavy atom. The van der Waals surface area contributed by atoms with Crippen molar-refractivity contribution in [3.05, 3.63) is 0 Å². The molecule has 0 spiro atoms. The maximum atomic E-state index is 12.2. The lowest BCUT2D eigenvalue weighted by Crippen LogP contribution is -2.53. The summed E-state index contributed by atoms with van der Waals surface area (Å²) in [6, 6.07) is -0.238. The van der Waals surface area contributed by atoms with Crippen molar-refractivity contribution in [2.75, 3.05) is 33.4 Å². The van der Waals surface area contributed by atoms with E-state index in [2.05, 4.69) is 10.1 Å². The number of nitrogens with zero attached hydrogens (tertiary/aromatic N) is 1. The van der Waals surface area contributed by atoms with Crippen LogP contribution in [-0.2, 0) is 4.74 Å². The molecular formula is C7H13FN2O2. The molecule has 1 heterocycles. The summed E-state index contributed by atoms with van der Waals surface area (Å²) in [5.41, 5.74) is 0. The smallest absolute Gasteiger partial charge is 0.409 e. The van der Waals surface area contributed by atoms with Crippen molar-refractivity contribution in [2.24, 2.45) is 0 Å². The summed E-state index contributed by atoms with van der Waals surface area (Å²) >= 11 is 0.